The van der Waals surface area contributed by atoms with Crippen LogP contribution in [0.15, 0.2) is 60.8 Å². The highest BCUT2D eigenvalue weighted by Gasteiger charge is 2.39. The van der Waals surface area contributed by atoms with Crippen molar-refractivity contribution in [2.24, 2.45) is 0 Å². The average molecular weight is 384 g/mol. The van der Waals surface area contributed by atoms with Crippen LogP contribution in [0.4, 0.5) is 11.4 Å². The van der Waals surface area contributed by atoms with Gasteiger partial charge in [-0.15, -0.1) is 0 Å². The molecule has 1 aromatic heterocycles. The first-order valence-corrected chi connectivity index (χ1v) is 8.86. The molecule has 1 atom stereocenters. The van der Waals surface area contributed by atoms with Crippen LogP contribution in [-0.4, -0.2) is 10.9 Å². The number of carbonyl (C=O) groups excluding carboxylic acids is 1. The van der Waals surface area contributed by atoms with Gasteiger partial charge in [-0.1, -0.05) is 40.9 Å². The second-order valence-corrected chi connectivity index (χ2v) is 7.02. The van der Waals surface area contributed by atoms with Gasteiger partial charge >= 0.3 is 0 Å². The van der Waals surface area contributed by atoms with Gasteiger partial charge in [0, 0.05) is 27.6 Å². The summed E-state index contributed by atoms with van der Waals surface area (Å²) < 4.78 is 0. The topological polar surface area (TPSA) is 45.2 Å². The number of hydrogen-bond donors (Lipinski definition) is 1. The lowest BCUT2D eigenvalue weighted by Gasteiger charge is -2.26. The highest BCUT2D eigenvalue weighted by molar-refractivity contribution is 6.35. The molecule has 0 aliphatic carbocycles. The van der Waals surface area contributed by atoms with Crippen molar-refractivity contribution in [2.75, 3.05) is 10.2 Å². The Balaban J connectivity index is 1.79. The van der Waals surface area contributed by atoms with Crippen molar-refractivity contribution in [3.8, 4) is 0 Å². The number of aromatic nitrogens is 1. The maximum atomic E-state index is 13.0. The van der Waals surface area contributed by atoms with Crippen LogP contribution in [0.3, 0.4) is 0 Å². The Morgan fingerprint density at radius 2 is 1.73 bits per heavy atom. The molecule has 2 aromatic carbocycles. The molecule has 0 bridgehead atoms. The quantitative estimate of drug-likeness (QED) is 0.652. The molecule has 2 heterocycles. The summed E-state index contributed by atoms with van der Waals surface area (Å²) in [6.07, 6.45) is 1.24. The van der Waals surface area contributed by atoms with Crippen LogP contribution < -0.4 is 10.2 Å². The van der Waals surface area contributed by atoms with Crippen LogP contribution in [0.1, 0.15) is 27.8 Å². The molecule has 0 radical (unpaired) electrons. The first-order chi connectivity index (χ1) is 12.5. The molecule has 4 rings (SSSR count). The van der Waals surface area contributed by atoms with E-state index in [1.54, 1.807) is 41.4 Å². The van der Waals surface area contributed by atoms with Crippen molar-refractivity contribution in [3.05, 3.63) is 87.7 Å². The molecule has 6 heteroatoms. The molecule has 4 nitrogen and oxygen atoms in total. The summed E-state index contributed by atoms with van der Waals surface area (Å²) in [6, 6.07) is 16.6. The van der Waals surface area contributed by atoms with Gasteiger partial charge < -0.3 is 5.32 Å². The van der Waals surface area contributed by atoms with E-state index in [0.29, 0.717) is 21.3 Å². The molecular weight excluding hydrogens is 369 g/mol. The highest BCUT2D eigenvalue weighted by atomic mass is 35.5. The Hall–Kier alpha value is -2.56. The summed E-state index contributed by atoms with van der Waals surface area (Å²) in [6.45, 7) is 2.01. The minimum absolute atomic E-state index is 0.0948. The Bertz CT molecular complexity index is 968. The standard InChI is InChI=1S/C20H15Cl2N3O/c1-12-4-6-16(7-5-12)25-19(18-17(20(25)26)3-2-8-23-18)24-15-10-13(21)9-14(22)11-15/h2-11,19,24H,1H3/t19-/m1/s1. The number of nitrogens with zero attached hydrogens (tertiary/aromatic N) is 2. The summed E-state index contributed by atoms with van der Waals surface area (Å²) in [5.74, 6) is -0.0948. The molecule has 3 aromatic rings. The monoisotopic (exact) mass is 383 g/mol. The molecule has 130 valence electrons. The summed E-state index contributed by atoms with van der Waals surface area (Å²) in [7, 11) is 0. The van der Waals surface area contributed by atoms with E-state index in [1.807, 2.05) is 31.2 Å². The summed E-state index contributed by atoms with van der Waals surface area (Å²) >= 11 is 12.2. The molecule has 1 aliphatic heterocycles. The smallest absolute Gasteiger partial charge is 0.262 e. The lowest BCUT2D eigenvalue weighted by Crippen LogP contribution is -2.32. The highest BCUT2D eigenvalue weighted by Crippen LogP contribution is 2.37. The van der Waals surface area contributed by atoms with Crippen molar-refractivity contribution >= 4 is 40.5 Å². The summed E-state index contributed by atoms with van der Waals surface area (Å²) in [4.78, 5) is 19.1. The normalized spacial score (nSPS) is 15.9. The number of carbonyl (C=O) groups is 1. The fourth-order valence-electron chi connectivity index (χ4n) is 3.09. The zero-order chi connectivity index (χ0) is 18.3. The number of fused-ring (bicyclic) bond motifs is 1. The van der Waals surface area contributed by atoms with Gasteiger partial charge in [0.25, 0.3) is 5.91 Å². The predicted octanol–water partition coefficient (Wildman–Crippen LogP) is 5.47. The Morgan fingerprint density at radius 1 is 1.04 bits per heavy atom. The van der Waals surface area contributed by atoms with E-state index < -0.39 is 6.17 Å². The summed E-state index contributed by atoms with van der Waals surface area (Å²) in [5, 5.41) is 4.39. The molecule has 1 amide bonds. The minimum Gasteiger partial charge on any atom is -0.360 e. The lowest BCUT2D eigenvalue weighted by molar-refractivity contribution is 0.0993. The van der Waals surface area contributed by atoms with Crippen LogP contribution >= 0.6 is 23.2 Å². The van der Waals surface area contributed by atoms with Crippen molar-refractivity contribution in [1.82, 2.24) is 4.98 Å². The van der Waals surface area contributed by atoms with Crippen LogP contribution in [0.25, 0.3) is 0 Å². The van der Waals surface area contributed by atoms with Gasteiger partial charge in [0.05, 0.1) is 11.3 Å². The molecule has 0 saturated heterocycles. The summed E-state index contributed by atoms with van der Waals surface area (Å²) in [5.41, 5.74) is 3.90. The number of halogens is 2. The zero-order valence-electron chi connectivity index (χ0n) is 13.9. The molecule has 0 saturated carbocycles. The third kappa shape index (κ3) is 3.02. The number of anilines is 2. The Kier molecular flexibility index (Phi) is 4.31. The second-order valence-electron chi connectivity index (χ2n) is 6.15. The van der Waals surface area contributed by atoms with E-state index >= 15 is 0 Å². The molecule has 0 spiro atoms. The third-order valence-electron chi connectivity index (χ3n) is 4.28. The molecule has 1 N–H and O–H groups in total. The first kappa shape index (κ1) is 16.9. The van der Waals surface area contributed by atoms with Crippen molar-refractivity contribution in [1.29, 1.82) is 0 Å². The number of amides is 1. The van der Waals surface area contributed by atoms with E-state index in [4.69, 9.17) is 23.2 Å². The van der Waals surface area contributed by atoms with Gasteiger partial charge in [0.15, 0.2) is 6.17 Å². The van der Waals surface area contributed by atoms with Crippen molar-refractivity contribution in [3.63, 3.8) is 0 Å². The van der Waals surface area contributed by atoms with Gasteiger partial charge in [-0.25, -0.2) is 0 Å². The molecule has 0 unspecified atom stereocenters. The van der Waals surface area contributed by atoms with Gasteiger partial charge in [-0.3, -0.25) is 14.7 Å². The number of hydrogen-bond acceptors (Lipinski definition) is 3. The number of aryl methyl sites for hydroxylation is 1. The Morgan fingerprint density at radius 3 is 2.42 bits per heavy atom. The van der Waals surface area contributed by atoms with Crippen molar-refractivity contribution < 1.29 is 4.79 Å². The maximum absolute atomic E-state index is 13.0. The van der Waals surface area contributed by atoms with E-state index in [-0.39, 0.29) is 5.91 Å². The fraction of sp³-hybridized carbons (Fsp3) is 0.100. The van der Waals surface area contributed by atoms with Crippen LogP contribution in [0.2, 0.25) is 10.0 Å². The molecule has 26 heavy (non-hydrogen) atoms. The van der Waals surface area contributed by atoms with Crippen molar-refractivity contribution in [2.45, 2.75) is 13.1 Å². The maximum Gasteiger partial charge on any atom is 0.262 e. The van der Waals surface area contributed by atoms with Gasteiger partial charge in [0.1, 0.15) is 0 Å². The van der Waals surface area contributed by atoms with E-state index in [0.717, 1.165) is 16.9 Å². The molecular formula is C20H15Cl2N3O. The van der Waals surface area contributed by atoms with Crippen LogP contribution in [0.5, 0.6) is 0 Å². The van der Waals surface area contributed by atoms with E-state index in [2.05, 4.69) is 10.3 Å². The predicted molar refractivity (Wildman–Crippen MR) is 105 cm³/mol. The SMILES string of the molecule is Cc1ccc(N2C(=O)c3cccnc3[C@@H]2Nc2cc(Cl)cc(Cl)c2)cc1. The number of nitrogens with one attached hydrogen (secondary N) is 1. The van der Waals surface area contributed by atoms with E-state index in [1.165, 1.54) is 0 Å². The van der Waals surface area contributed by atoms with Gasteiger partial charge in [-0.05, 0) is 49.4 Å². The molecule has 0 fully saturated rings. The average Bonchev–Trinajstić information content (AvgIpc) is 2.88. The minimum atomic E-state index is -0.448. The van der Waals surface area contributed by atoms with Crippen LogP contribution in [0, 0.1) is 6.92 Å². The number of pyridine rings is 1. The lowest BCUT2D eigenvalue weighted by atomic mass is 10.2. The Labute approximate surface area is 161 Å². The van der Waals surface area contributed by atoms with Gasteiger partial charge in [-0.2, -0.15) is 0 Å². The number of benzene rings is 2. The molecule has 1 aliphatic rings. The zero-order valence-corrected chi connectivity index (χ0v) is 15.4. The first-order valence-electron chi connectivity index (χ1n) is 8.11. The van der Waals surface area contributed by atoms with Gasteiger partial charge in [0.2, 0.25) is 0 Å². The number of rotatable bonds is 3. The third-order valence-corrected chi connectivity index (χ3v) is 4.72. The largest absolute Gasteiger partial charge is 0.360 e. The van der Waals surface area contributed by atoms with Crippen LogP contribution in [-0.2, 0) is 0 Å². The fourth-order valence-corrected chi connectivity index (χ4v) is 3.61. The van der Waals surface area contributed by atoms with E-state index in [9.17, 15) is 4.79 Å². The second kappa shape index (κ2) is 6.63.